The highest BCUT2D eigenvalue weighted by atomic mass is 16.3. The van der Waals surface area contributed by atoms with Gasteiger partial charge in [0.05, 0.1) is 6.10 Å². The van der Waals surface area contributed by atoms with Gasteiger partial charge in [-0.3, -0.25) is 0 Å². The summed E-state index contributed by atoms with van der Waals surface area (Å²) in [6.45, 7) is 4.88. The van der Waals surface area contributed by atoms with Crippen LogP contribution in [0.3, 0.4) is 0 Å². The van der Waals surface area contributed by atoms with Crippen LogP contribution in [0.4, 0.5) is 0 Å². The van der Waals surface area contributed by atoms with Gasteiger partial charge in [-0.2, -0.15) is 0 Å². The third-order valence-electron chi connectivity index (χ3n) is 1.89. The zero-order valence-electron chi connectivity index (χ0n) is 7.12. The van der Waals surface area contributed by atoms with Gasteiger partial charge in [0, 0.05) is 30.9 Å². The molecule has 0 unspecified atom stereocenters. The van der Waals surface area contributed by atoms with E-state index < -0.39 is 0 Å². The SMILES string of the molecule is CC(C)N1C=C(N)C[C@H](O)C1. The molecule has 0 aliphatic carbocycles. The predicted molar refractivity (Wildman–Crippen MR) is 44.7 cm³/mol. The third-order valence-corrected chi connectivity index (χ3v) is 1.89. The van der Waals surface area contributed by atoms with Crippen LogP contribution < -0.4 is 5.73 Å². The Morgan fingerprint density at radius 1 is 1.73 bits per heavy atom. The molecule has 1 aliphatic heterocycles. The molecule has 0 radical (unpaired) electrons. The summed E-state index contributed by atoms with van der Waals surface area (Å²) in [5.74, 6) is 0. The van der Waals surface area contributed by atoms with Crippen LogP contribution in [0.2, 0.25) is 0 Å². The minimum Gasteiger partial charge on any atom is -0.401 e. The largest absolute Gasteiger partial charge is 0.401 e. The zero-order valence-corrected chi connectivity index (χ0v) is 7.12. The van der Waals surface area contributed by atoms with E-state index in [2.05, 4.69) is 18.7 Å². The molecule has 0 aromatic heterocycles. The van der Waals surface area contributed by atoms with Crippen molar-refractivity contribution in [3.8, 4) is 0 Å². The van der Waals surface area contributed by atoms with E-state index in [1.54, 1.807) is 0 Å². The topological polar surface area (TPSA) is 49.5 Å². The van der Waals surface area contributed by atoms with Crippen molar-refractivity contribution in [2.24, 2.45) is 5.73 Å². The lowest BCUT2D eigenvalue weighted by atomic mass is 10.1. The van der Waals surface area contributed by atoms with Crippen molar-refractivity contribution in [2.45, 2.75) is 32.4 Å². The molecule has 0 aromatic carbocycles. The Bertz CT molecular complexity index is 165. The molecule has 0 aromatic rings. The first-order valence-electron chi connectivity index (χ1n) is 3.99. The van der Waals surface area contributed by atoms with E-state index in [4.69, 9.17) is 5.73 Å². The summed E-state index contributed by atoms with van der Waals surface area (Å²) in [5.41, 5.74) is 6.39. The molecule has 1 atom stereocenters. The van der Waals surface area contributed by atoms with Crippen molar-refractivity contribution in [1.29, 1.82) is 0 Å². The molecular weight excluding hydrogens is 140 g/mol. The van der Waals surface area contributed by atoms with Crippen LogP contribution in [-0.4, -0.2) is 28.7 Å². The Morgan fingerprint density at radius 2 is 2.36 bits per heavy atom. The zero-order chi connectivity index (χ0) is 8.43. The Balaban J connectivity index is 2.61. The first-order valence-corrected chi connectivity index (χ1v) is 3.99. The number of nitrogens with two attached hydrogens (primary N) is 1. The van der Waals surface area contributed by atoms with Gasteiger partial charge < -0.3 is 15.7 Å². The van der Waals surface area contributed by atoms with Crippen LogP contribution in [0, 0.1) is 0 Å². The molecule has 3 nitrogen and oxygen atoms in total. The van der Waals surface area contributed by atoms with Crippen LogP contribution in [0.25, 0.3) is 0 Å². The first-order chi connectivity index (χ1) is 5.09. The van der Waals surface area contributed by atoms with Crippen LogP contribution in [0.5, 0.6) is 0 Å². The second kappa shape index (κ2) is 3.13. The Hall–Kier alpha value is -0.700. The number of nitrogens with zero attached hydrogens (tertiary/aromatic N) is 1. The van der Waals surface area contributed by atoms with Crippen LogP contribution in [0.1, 0.15) is 20.3 Å². The smallest absolute Gasteiger partial charge is 0.0769 e. The van der Waals surface area contributed by atoms with Crippen molar-refractivity contribution in [3.05, 3.63) is 11.9 Å². The number of aliphatic hydroxyl groups excluding tert-OH is 1. The Labute approximate surface area is 67.5 Å². The molecule has 0 saturated carbocycles. The highest BCUT2D eigenvalue weighted by Crippen LogP contribution is 2.13. The second-order valence-electron chi connectivity index (χ2n) is 3.35. The van der Waals surface area contributed by atoms with Crippen molar-refractivity contribution in [1.82, 2.24) is 4.90 Å². The third kappa shape index (κ3) is 2.12. The van der Waals surface area contributed by atoms with Crippen molar-refractivity contribution in [3.63, 3.8) is 0 Å². The molecule has 0 saturated heterocycles. The molecule has 3 N–H and O–H groups in total. The maximum atomic E-state index is 9.34. The average molecular weight is 156 g/mol. The fourth-order valence-corrected chi connectivity index (χ4v) is 1.26. The Kier molecular flexibility index (Phi) is 2.39. The van der Waals surface area contributed by atoms with E-state index in [9.17, 15) is 5.11 Å². The van der Waals surface area contributed by atoms with E-state index in [1.807, 2.05) is 6.20 Å². The minimum atomic E-state index is -0.289. The fraction of sp³-hybridized carbons (Fsp3) is 0.750. The number of hydrogen-bond donors (Lipinski definition) is 2. The maximum Gasteiger partial charge on any atom is 0.0769 e. The average Bonchev–Trinajstić information content (AvgIpc) is 1.85. The molecule has 1 aliphatic rings. The molecule has 0 fully saturated rings. The van der Waals surface area contributed by atoms with E-state index >= 15 is 0 Å². The molecule has 1 heterocycles. The van der Waals surface area contributed by atoms with Crippen LogP contribution >= 0.6 is 0 Å². The standard InChI is InChI=1S/C8H16N2O/c1-6(2)10-4-7(9)3-8(11)5-10/h4,6,8,11H,3,5,9H2,1-2H3/t8-/m0/s1. The van der Waals surface area contributed by atoms with Gasteiger partial charge in [-0.15, -0.1) is 0 Å². The normalized spacial score (nSPS) is 25.6. The predicted octanol–water partition coefficient (Wildman–Crippen LogP) is 0.262. The molecule has 3 heteroatoms. The number of rotatable bonds is 1. The van der Waals surface area contributed by atoms with Gasteiger partial charge in [0.2, 0.25) is 0 Å². The quantitative estimate of drug-likeness (QED) is 0.572. The molecule has 0 bridgehead atoms. The highest BCUT2D eigenvalue weighted by Gasteiger charge is 2.17. The van der Waals surface area contributed by atoms with Gasteiger partial charge in [-0.05, 0) is 13.8 Å². The maximum absolute atomic E-state index is 9.34. The summed E-state index contributed by atoms with van der Waals surface area (Å²) in [4.78, 5) is 2.06. The second-order valence-corrected chi connectivity index (χ2v) is 3.35. The van der Waals surface area contributed by atoms with Crippen molar-refractivity contribution >= 4 is 0 Å². The molecule has 0 amide bonds. The van der Waals surface area contributed by atoms with Gasteiger partial charge in [-0.25, -0.2) is 0 Å². The van der Waals surface area contributed by atoms with Crippen molar-refractivity contribution < 1.29 is 5.11 Å². The fourth-order valence-electron chi connectivity index (χ4n) is 1.26. The molecule has 0 spiro atoms. The summed E-state index contributed by atoms with van der Waals surface area (Å²) >= 11 is 0. The van der Waals surface area contributed by atoms with Crippen LogP contribution in [-0.2, 0) is 0 Å². The summed E-state index contributed by atoms with van der Waals surface area (Å²) in [7, 11) is 0. The molecular formula is C8H16N2O. The summed E-state index contributed by atoms with van der Waals surface area (Å²) in [6.07, 6.45) is 2.25. The monoisotopic (exact) mass is 156 g/mol. The molecule has 64 valence electrons. The summed E-state index contributed by atoms with van der Waals surface area (Å²) in [5, 5.41) is 9.34. The highest BCUT2D eigenvalue weighted by molar-refractivity contribution is 5.03. The first kappa shape index (κ1) is 8.40. The lowest BCUT2D eigenvalue weighted by Gasteiger charge is -2.31. The molecule has 1 rings (SSSR count). The minimum absolute atomic E-state index is 0.289. The number of β-amino-alcohol motifs (C(OH)–C–C–N with tert-alkyl or cyclic N) is 1. The lowest BCUT2D eigenvalue weighted by molar-refractivity contribution is 0.109. The van der Waals surface area contributed by atoms with Gasteiger partial charge in [0.1, 0.15) is 0 Å². The number of aliphatic hydroxyl groups is 1. The van der Waals surface area contributed by atoms with E-state index in [-0.39, 0.29) is 6.10 Å². The summed E-state index contributed by atoms with van der Waals surface area (Å²) < 4.78 is 0. The van der Waals surface area contributed by atoms with Gasteiger partial charge in [-0.1, -0.05) is 0 Å². The molecule has 11 heavy (non-hydrogen) atoms. The van der Waals surface area contributed by atoms with Gasteiger partial charge >= 0.3 is 0 Å². The number of hydrogen-bond acceptors (Lipinski definition) is 3. The Morgan fingerprint density at radius 3 is 2.82 bits per heavy atom. The van der Waals surface area contributed by atoms with Crippen LogP contribution in [0.15, 0.2) is 11.9 Å². The summed E-state index contributed by atoms with van der Waals surface area (Å²) in [6, 6.07) is 0.420. The lowest BCUT2D eigenvalue weighted by Crippen LogP contribution is -2.38. The van der Waals surface area contributed by atoms with E-state index in [0.29, 0.717) is 19.0 Å². The van der Waals surface area contributed by atoms with E-state index in [0.717, 1.165) is 5.70 Å². The van der Waals surface area contributed by atoms with Crippen molar-refractivity contribution in [2.75, 3.05) is 6.54 Å². The van der Waals surface area contributed by atoms with Gasteiger partial charge in [0.25, 0.3) is 0 Å². The van der Waals surface area contributed by atoms with E-state index in [1.165, 1.54) is 0 Å². The van der Waals surface area contributed by atoms with Gasteiger partial charge in [0.15, 0.2) is 0 Å².